The van der Waals surface area contributed by atoms with Crippen LogP contribution < -0.4 is 5.32 Å². The molecule has 0 saturated heterocycles. The first kappa shape index (κ1) is 14.9. The first-order valence-corrected chi connectivity index (χ1v) is 7.37. The van der Waals surface area contributed by atoms with Crippen LogP contribution in [0, 0.1) is 11.2 Å². The van der Waals surface area contributed by atoms with E-state index in [1.807, 2.05) is 26.2 Å². The number of rotatable bonds is 4. The van der Waals surface area contributed by atoms with Crippen LogP contribution >= 0.6 is 11.3 Å². The van der Waals surface area contributed by atoms with Gasteiger partial charge in [0.05, 0.1) is 11.8 Å². The Hall–Kier alpha value is -1.46. The fourth-order valence-electron chi connectivity index (χ4n) is 1.60. The van der Waals surface area contributed by atoms with Crippen molar-refractivity contribution in [3.05, 3.63) is 35.5 Å². The van der Waals surface area contributed by atoms with Crippen LogP contribution in [0.4, 0.5) is 9.52 Å². The lowest BCUT2D eigenvalue weighted by Crippen LogP contribution is -2.32. The molecule has 2 N–H and O–H groups in total. The van der Waals surface area contributed by atoms with Crippen molar-refractivity contribution < 1.29 is 9.50 Å². The molecule has 1 atom stereocenters. The summed E-state index contributed by atoms with van der Waals surface area (Å²) in [6.07, 6.45) is -0.444. The summed E-state index contributed by atoms with van der Waals surface area (Å²) in [7, 11) is 0. The highest BCUT2D eigenvalue weighted by Gasteiger charge is 2.21. The van der Waals surface area contributed by atoms with Gasteiger partial charge >= 0.3 is 0 Å². The Morgan fingerprint density at radius 2 is 1.95 bits per heavy atom. The average molecular weight is 294 g/mol. The third-order valence-corrected chi connectivity index (χ3v) is 3.89. The lowest BCUT2D eigenvalue weighted by Gasteiger charge is -2.25. The minimum absolute atomic E-state index is 0.163. The molecule has 20 heavy (non-hydrogen) atoms. The molecule has 0 bridgehead atoms. The molecule has 0 amide bonds. The average Bonchev–Trinajstić information content (AvgIpc) is 2.84. The van der Waals surface area contributed by atoms with Crippen LogP contribution in [-0.2, 0) is 0 Å². The summed E-state index contributed by atoms with van der Waals surface area (Å²) in [5.74, 6) is -0.254. The van der Waals surface area contributed by atoms with Crippen molar-refractivity contribution in [3.8, 4) is 11.3 Å². The maximum atomic E-state index is 12.9. The highest BCUT2D eigenvalue weighted by molar-refractivity contribution is 7.14. The van der Waals surface area contributed by atoms with Crippen LogP contribution in [0.3, 0.4) is 0 Å². The van der Waals surface area contributed by atoms with Gasteiger partial charge in [-0.1, -0.05) is 20.8 Å². The molecule has 2 aromatic rings. The first-order valence-electron chi connectivity index (χ1n) is 6.49. The molecule has 3 nitrogen and oxygen atoms in total. The zero-order chi connectivity index (χ0) is 14.8. The summed E-state index contributed by atoms with van der Waals surface area (Å²) in [4.78, 5) is 4.44. The lowest BCUT2D eigenvalue weighted by atomic mass is 9.89. The molecule has 0 spiro atoms. The van der Waals surface area contributed by atoms with Crippen LogP contribution in [0.25, 0.3) is 11.3 Å². The van der Waals surface area contributed by atoms with E-state index in [-0.39, 0.29) is 11.2 Å². The SMILES string of the molecule is CC(C)(C)C(O)CNc1nc(-c2ccc(F)cc2)cs1. The smallest absolute Gasteiger partial charge is 0.183 e. The molecular weight excluding hydrogens is 275 g/mol. The number of aromatic nitrogens is 1. The largest absolute Gasteiger partial charge is 0.391 e. The van der Waals surface area contributed by atoms with Crippen LogP contribution in [-0.4, -0.2) is 22.7 Å². The molecule has 0 aliphatic rings. The number of nitrogens with zero attached hydrogens (tertiary/aromatic N) is 1. The van der Waals surface area contributed by atoms with E-state index in [2.05, 4.69) is 10.3 Å². The number of aliphatic hydroxyl groups is 1. The second-order valence-electron chi connectivity index (χ2n) is 5.81. The number of benzene rings is 1. The molecular formula is C15H19FN2OS. The van der Waals surface area contributed by atoms with Gasteiger partial charge in [0.1, 0.15) is 5.82 Å². The van der Waals surface area contributed by atoms with Crippen molar-refractivity contribution in [2.45, 2.75) is 26.9 Å². The van der Waals surface area contributed by atoms with Gasteiger partial charge in [-0.3, -0.25) is 0 Å². The van der Waals surface area contributed by atoms with Gasteiger partial charge in [-0.15, -0.1) is 11.3 Å². The third kappa shape index (κ3) is 3.77. The van der Waals surface area contributed by atoms with Gasteiger partial charge in [-0.05, 0) is 29.7 Å². The van der Waals surface area contributed by atoms with Crippen LogP contribution in [0.2, 0.25) is 0 Å². The molecule has 1 heterocycles. The van der Waals surface area contributed by atoms with Crippen LogP contribution in [0.5, 0.6) is 0 Å². The summed E-state index contributed by atoms with van der Waals surface area (Å²) in [6.45, 7) is 6.43. The van der Waals surface area contributed by atoms with E-state index in [0.717, 1.165) is 16.4 Å². The summed E-state index contributed by atoms with van der Waals surface area (Å²) >= 11 is 1.47. The molecule has 0 radical (unpaired) electrons. The second kappa shape index (κ2) is 5.89. The Balaban J connectivity index is 2.01. The van der Waals surface area contributed by atoms with Crippen molar-refractivity contribution in [3.63, 3.8) is 0 Å². The predicted molar refractivity (Wildman–Crippen MR) is 81.5 cm³/mol. The lowest BCUT2D eigenvalue weighted by molar-refractivity contribution is 0.0746. The number of halogens is 1. The third-order valence-electron chi connectivity index (χ3n) is 3.09. The van der Waals surface area contributed by atoms with Gasteiger partial charge in [-0.2, -0.15) is 0 Å². The molecule has 108 valence electrons. The number of nitrogens with one attached hydrogen (secondary N) is 1. The van der Waals surface area contributed by atoms with Crippen molar-refractivity contribution in [1.82, 2.24) is 4.98 Å². The Bertz CT molecular complexity index is 560. The van der Waals surface area contributed by atoms with Gasteiger partial charge in [0.2, 0.25) is 0 Å². The number of aliphatic hydroxyl groups excluding tert-OH is 1. The molecule has 0 fully saturated rings. The van der Waals surface area contributed by atoms with Gasteiger partial charge in [0.25, 0.3) is 0 Å². The van der Waals surface area contributed by atoms with Gasteiger partial charge in [0, 0.05) is 17.5 Å². The van der Waals surface area contributed by atoms with E-state index in [1.165, 1.54) is 23.5 Å². The Labute approximate surface area is 122 Å². The standard InChI is InChI=1S/C15H19FN2OS/c1-15(2,3)13(19)8-17-14-18-12(9-20-14)10-4-6-11(16)7-5-10/h4-7,9,13,19H,8H2,1-3H3,(H,17,18). The van der Waals surface area contributed by atoms with E-state index in [4.69, 9.17) is 0 Å². The van der Waals surface area contributed by atoms with E-state index < -0.39 is 6.10 Å². The second-order valence-corrected chi connectivity index (χ2v) is 6.67. The molecule has 0 aliphatic carbocycles. The maximum Gasteiger partial charge on any atom is 0.183 e. The number of hydrogen-bond acceptors (Lipinski definition) is 4. The van der Waals surface area contributed by atoms with Crippen LogP contribution in [0.15, 0.2) is 29.6 Å². The zero-order valence-electron chi connectivity index (χ0n) is 11.9. The van der Waals surface area contributed by atoms with E-state index in [9.17, 15) is 9.50 Å². The molecule has 2 rings (SSSR count). The minimum atomic E-state index is -0.444. The van der Waals surface area contributed by atoms with E-state index >= 15 is 0 Å². The van der Waals surface area contributed by atoms with Gasteiger partial charge in [-0.25, -0.2) is 9.37 Å². The van der Waals surface area contributed by atoms with Crippen LogP contribution in [0.1, 0.15) is 20.8 Å². The number of thiazole rings is 1. The molecule has 1 unspecified atom stereocenters. The van der Waals surface area contributed by atoms with Crippen molar-refractivity contribution in [2.75, 3.05) is 11.9 Å². The summed E-state index contributed by atoms with van der Waals surface area (Å²) in [6, 6.07) is 6.26. The fourth-order valence-corrected chi connectivity index (χ4v) is 2.33. The van der Waals surface area contributed by atoms with Gasteiger partial charge in [0.15, 0.2) is 5.13 Å². The predicted octanol–water partition coefficient (Wildman–Crippen LogP) is 3.77. The highest BCUT2D eigenvalue weighted by atomic mass is 32.1. The highest BCUT2D eigenvalue weighted by Crippen LogP contribution is 2.26. The summed E-state index contributed by atoms with van der Waals surface area (Å²) in [5.41, 5.74) is 1.53. The van der Waals surface area contributed by atoms with Crippen molar-refractivity contribution in [1.29, 1.82) is 0 Å². The molecule has 1 aromatic heterocycles. The first-order chi connectivity index (χ1) is 9.36. The maximum absolute atomic E-state index is 12.9. The number of anilines is 1. The normalized spacial score (nSPS) is 13.2. The Kier molecular flexibility index (Phi) is 4.40. The van der Waals surface area contributed by atoms with E-state index in [1.54, 1.807) is 12.1 Å². The zero-order valence-corrected chi connectivity index (χ0v) is 12.7. The molecule has 0 aliphatic heterocycles. The molecule has 0 saturated carbocycles. The Morgan fingerprint density at radius 1 is 1.30 bits per heavy atom. The summed E-state index contributed by atoms with van der Waals surface area (Å²) in [5, 5.41) is 15.8. The topological polar surface area (TPSA) is 45.1 Å². The quantitative estimate of drug-likeness (QED) is 0.902. The summed E-state index contributed by atoms with van der Waals surface area (Å²) < 4.78 is 12.9. The van der Waals surface area contributed by atoms with Gasteiger partial charge < -0.3 is 10.4 Å². The van der Waals surface area contributed by atoms with E-state index in [0.29, 0.717) is 6.54 Å². The molecule has 5 heteroatoms. The van der Waals surface area contributed by atoms with Crippen molar-refractivity contribution in [2.24, 2.45) is 5.41 Å². The minimum Gasteiger partial charge on any atom is -0.391 e. The van der Waals surface area contributed by atoms with Crippen molar-refractivity contribution >= 4 is 16.5 Å². The number of hydrogen-bond donors (Lipinski definition) is 2. The molecule has 1 aromatic carbocycles. The monoisotopic (exact) mass is 294 g/mol. The Morgan fingerprint density at radius 3 is 2.55 bits per heavy atom. The fraction of sp³-hybridized carbons (Fsp3) is 0.400.